The van der Waals surface area contributed by atoms with E-state index in [2.05, 4.69) is 4.98 Å². The first-order valence-corrected chi connectivity index (χ1v) is 6.09. The second kappa shape index (κ2) is 4.73. The Bertz CT molecular complexity index is 804. The quantitative estimate of drug-likeness (QED) is 0.672. The summed E-state index contributed by atoms with van der Waals surface area (Å²) < 4.78 is 39.3. The van der Waals surface area contributed by atoms with Crippen LogP contribution < -0.4 is 0 Å². The van der Waals surface area contributed by atoms with Crippen molar-refractivity contribution in [2.45, 2.75) is 6.18 Å². The summed E-state index contributed by atoms with van der Waals surface area (Å²) in [5.74, 6) is 0. The second-order valence-electron chi connectivity index (χ2n) is 4.54. The van der Waals surface area contributed by atoms with Crippen molar-refractivity contribution in [3.8, 4) is 11.3 Å². The highest BCUT2D eigenvalue weighted by Crippen LogP contribution is 2.30. The standard InChI is InChI=1S/C15H9F3N2O/c16-15(17,18)12-3-1-11(2-4-12)13-8-20-6-5-10(9-21)7-14(20)19-13/h1-9H. The predicted octanol–water partition coefficient (Wildman–Crippen LogP) is 3.83. The number of fused-ring (bicyclic) bond motifs is 1. The first-order chi connectivity index (χ1) is 9.97. The van der Waals surface area contributed by atoms with Crippen LogP contribution in [-0.2, 0) is 6.18 Å². The third-order valence-electron chi connectivity index (χ3n) is 3.13. The van der Waals surface area contributed by atoms with Gasteiger partial charge in [-0.2, -0.15) is 13.2 Å². The monoisotopic (exact) mass is 290 g/mol. The molecule has 6 heteroatoms. The molecule has 0 aliphatic heterocycles. The van der Waals surface area contributed by atoms with E-state index >= 15 is 0 Å². The Kier molecular flexibility index (Phi) is 3.01. The van der Waals surface area contributed by atoms with Gasteiger partial charge in [0.1, 0.15) is 11.9 Å². The lowest BCUT2D eigenvalue weighted by atomic mass is 10.1. The molecule has 0 unspecified atom stereocenters. The Labute approximate surface area is 117 Å². The first kappa shape index (κ1) is 13.4. The van der Waals surface area contributed by atoms with E-state index in [0.29, 0.717) is 28.8 Å². The average Bonchev–Trinajstić information content (AvgIpc) is 2.89. The number of hydrogen-bond acceptors (Lipinski definition) is 2. The molecule has 0 bridgehead atoms. The van der Waals surface area contributed by atoms with E-state index in [-0.39, 0.29) is 0 Å². The summed E-state index contributed by atoms with van der Waals surface area (Å²) in [4.78, 5) is 15.0. The topological polar surface area (TPSA) is 34.4 Å². The van der Waals surface area contributed by atoms with Gasteiger partial charge in [0.15, 0.2) is 0 Å². The normalized spacial score (nSPS) is 11.8. The summed E-state index contributed by atoms with van der Waals surface area (Å²) in [5, 5.41) is 0. The van der Waals surface area contributed by atoms with Crippen LogP contribution in [0.3, 0.4) is 0 Å². The lowest BCUT2D eigenvalue weighted by Crippen LogP contribution is -2.03. The van der Waals surface area contributed by atoms with Crippen LogP contribution in [0.15, 0.2) is 48.8 Å². The van der Waals surface area contributed by atoms with Crippen molar-refractivity contribution in [3.05, 3.63) is 59.9 Å². The summed E-state index contributed by atoms with van der Waals surface area (Å²) in [7, 11) is 0. The molecule has 21 heavy (non-hydrogen) atoms. The molecule has 3 nitrogen and oxygen atoms in total. The predicted molar refractivity (Wildman–Crippen MR) is 71.0 cm³/mol. The summed E-state index contributed by atoms with van der Waals surface area (Å²) >= 11 is 0. The lowest BCUT2D eigenvalue weighted by molar-refractivity contribution is -0.137. The van der Waals surface area contributed by atoms with Crippen molar-refractivity contribution in [2.24, 2.45) is 0 Å². The van der Waals surface area contributed by atoms with E-state index in [1.165, 1.54) is 12.1 Å². The van der Waals surface area contributed by atoms with Crippen LogP contribution in [-0.4, -0.2) is 15.7 Å². The minimum Gasteiger partial charge on any atom is -0.306 e. The number of carbonyl (C=O) groups is 1. The number of nitrogens with zero attached hydrogens (tertiary/aromatic N) is 2. The van der Waals surface area contributed by atoms with Gasteiger partial charge in [-0.05, 0) is 24.3 Å². The molecule has 0 fully saturated rings. The van der Waals surface area contributed by atoms with Gasteiger partial charge in [0.05, 0.1) is 11.3 Å². The number of rotatable bonds is 2. The molecule has 0 N–H and O–H groups in total. The van der Waals surface area contributed by atoms with Crippen molar-refractivity contribution in [1.82, 2.24) is 9.38 Å². The Morgan fingerprint density at radius 2 is 1.81 bits per heavy atom. The van der Waals surface area contributed by atoms with Gasteiger partial charge in [-0.3, -0.25) is 4.79 Å². The van der Waals surface area contributed by atoms with Gasteiger partial charge in [-0.25, -0.2) is 4.98 Å². The number of carbonyl (C=O) groups excluding carboxylic acids is 1. The molecule has 1 aromatic carbocycles. The zero-order valence-electron chi connectivity index (χ0n) is 10.6. The van der Waals surface area contributed by atoms with Crippen molar-refractivity contribution < 1.29 is 18.0 Å². The molecule has 0 saturated carbocycles. The van der Waals surface area contributed by atoms with Crippen LogP contribution in [0.2, 0.25) is 0 Å². The number of hydrogen-bond donors (Lipinski definition) is 0. The van der Waals surface area contributed by atoms with Crippen molar-refractivity contribution in [1.29, 1.82) is 0 Å². The summed E-state index contributed by atoms with van der Waals surface area (Å²) in [6.45, 7) is 0. The maximum Gasteiger partial charge on any atom is 0.416 e. The third kappa shape index (κ3) is 2.52. The fourth-order valence-corrected chi connectivity index (χ4v) is 2.04. The fraction of sp³-hybridized carbons (Fsp3) is 0.0667. The van der Waals surface area contributed by atoms with Gasteiger partial charge in [-0.15, -0.1) is 0 Å². The number of pyridine rings is 1. The molecule has 0 amide bonds. The highest BCUT2D eigenvalue weighted by Gasteiger charge is 2.30. The molecule has 2 heterocycles. The minimum absolute atomic E-state index is 0.493. The van der Waals surface area contributed by atoms with E-state index in [1.54, 1.807) is 28.9 Å². The molecule has 3 aromatic rings. The fourth-order valence-electron chi connectivity index (χ4n) is 2.04. The van der Waals surface area contributed by atoms with E-state index < -0.39 is 11.7 Å². The van der Waals surface area contributed by atoms with Gasteiger partial charge in [0.2, 0.25) is 0 Å². The molecule has 3 rings (SSSR count). The van der Waals surface area contributed by atoms with Gasteiger partial charge < -0.3 is 4.40 Å². The van der Waals surface area contributed by atoms with Crippen LogP contribution in [0.5, 0.6) is 0 Å². The molecule has 0 spiro atoms. The van der Waals surface area contributed by atoms with E-state index in [1.807, 2.05) is 0 Å². The van der Waals surface area contributed by atoms with Crippen molar-refractivity contribution >= 4 is 11.9 Å². The maximum atomic E-state index is 12.5. The second-order valence-corrected chi connectivity index (χ2v) is 4.54. The SMILES string of the molecule is O=Cc1ccn2cc(-c3ccc(C(F)(F)F)cc3)nc2c1. The zero-order chi connectivity index (χ0) is 15.0. The molecule has 0 radical (unpaired) electrons. The number of halogens is 3. The summed E-state index contributed by atoms with van der Waals surface area (Å²) in [6, 6.07) is 8.06. The lowest BCUT2D eigenvalue weighted by Gasteiger charge is -2.06. The average molecular weight is 290 g/mol. The largest absolute Gasteiger partial charge is 0.416 e. The number of benzene rings is 1. The van der Waals surface area contributed by atoms with Crippen LogP contribution in [0.1, 0.15) is 15.9 Å². The van der Waals surface area contributed by atoms with Crippen LogP contribution >= 0.6 is 0 Å². The number of imidazole rings is 1. The van der Waals surface area contributed by atoms with Crippen LogP contribution in [0, 0.1) is 0 Å². The van der Waals surface area contributed by atoms with Crippen LogP contribution in [0.4, 0.5) is 13.2 Å². The molecule has 0 atom stereocenters. The Balaban J connectivity index is 2.02. The molecule has 0 saturated heterocycles. The third-order valence-corrected chi connectivity index (χ3v) is 3.13. The summed E-state index contributed by atoms with van der Waals surface area (Å²) in [6.07, 6.45) is -0.255. The van der Waals surface area contributed by atoms with Gasteiger partial charge in [0, 0.05) is 23.5 Å². The Morgan fingerprint density at radius 3 is 2.43 bits per heavy atom. The van der Waals surface area contributed by atoms with Gasteiger partial charge in [0.25, 0.3) is 0 Å². The molecule has 0 aliphatic rings. The highest BCUT2D eigenvalue weighted by molar-refractivity contribution is 5.77. The molecular formula is C15H9F3N2O. The smallest absolute Gasteiger partial charge is 0.306 e. The summed E-state index contributed by atoms with van der Waals surface area (Å²) in [5.41, 5.74) is 1.49. The number of aldehydes is 1. The minimum atomic E-state index is -4.35. The molecule has 2 aromatic heterocycles. The van der Waals surface area contributed by atoms with Crippen LogP contribution in [0.25, 0.3) is 16.9 Å². The zero-order valence-corrected chi connectivity index (χ0v) is 10.6. The van der Waals surface area contributed by atoms with E-state index in [9.17, 15) is 18.0 Å². The van der Waals surface area contributed by atoms with E-state index in [0.717, 1.165) is 12.1 Å². The molecule has 0 aliphatic carbocycles. The molecular weight excluding hydrogens is 281 g/mol. The van der Waals surface area contributed by atoms with Crippen molar-refractivity contribution in [3.63, 3.8) is 0 Å². The highest BCUT2D eigenvalue weighted by atomic mass is 19.4. The Hall–Kier alpha value is -2.63. The number of aromatic nitrogens is 2. The Morgan fingerprint density at radius 1 is 1.10 bits per heavy atom. The van der Waals surface area contributed by atoms with Gasteiger partial charge in [-0.1, -0.05) is 12.1 Å². The van der Waals surface area contributed by atoms with Crippen molar-refractivity contribution in [2.75, 3.05) is 0 Å². The maximum absolute atomic E-state index is 12.5. The first-order valence-electron chi connectivity index (χ1n) is 6.09. The number of alkyl halides is 3. The van der Waals surface area contributed by atoms with E-state index in [4.69, 9.17) is 0 Å². The molecule has 106 valence electrons. The van der Waals surface area contributed by atoms with Gasteiger partial charge >= 0.3 is 6.18 Å².